The van der Waals surface area contributed by atoms with E-state index in [4.69, 9.17) is 9.47 Å². The Morgan fingerprint density at radius 2 is 2.00 bits per heavy atom. The molecule has 1 unspecified atom stereocenters. The normalized spacial score (nSPS) is 19.6. The van der Waals surface area contributed by atoms with Gasteiger partial charge >= 0.3 is 5.97 Å². The van der Waals surface area contributed by atoms with Crippen molar-refractivity contribution in [2.24, 2.45) is 0 Å². The number of carboxylic acid groups (broad SMARTS) is 1. The highest BCUT2D eigenvalue weighted by Gasteiger charge is 2.28. The molecule has 0 spiro atoms. The van der Waals surface area contributed by atoms with E-state index in [9.17, 15) is 9.90 Å². The van der Waals surface area contributed by atoms with Gasteiger partial charge in [0, 0.05) is 32.2 Å². The van der Waals surface area contributed by atoms with E-state index >= 15 is 0 Å². The lowest BCUT2D eigenvalue weighted by Gasteiger charge is -2.33. The summed E-state index contributed by atoms with van der Waals surface area (Å²) in [6.45, 7) is 2.53. The predicted octanol–water partition coefficient (Wildman–Crippen LogP) is 0.562. The molecule has 1 aliphatic heterocycles. The predicted molar refractivity (Wildman–Crippen MR) is 74.2 cm³/mol. The molecule has 1 heterocycles. The third-order valence-corrected chi connectivity index (χ3v) is 3.44. The maximum absolute atomic E-state index is 11.3. The first kappa shape index (κ1) is 14.6. The smallest absolute Gasteiger partial charge is 0.322 e. The van der Waals surface area contributed by atoms with E-state index in [1.807, 2.05) is 17.0 Å². The minimum absolute atomic E-state index is 0.469. The van der Waals surface area contributed by atoms with Gasteiger partial charge in [-0.1, -0.05) is 0 Å². The number of nitrogens with one attached hydrogen (secondary N) is 1. The summed E-state index contributed by atoms with van der Waals surface area (Å²) in [5.74, 6) is 0.620. The third kappa shape index (κ3) is 3.40. The fourth-order valence-corrected chi connectivity index (χ4v) is 2.37. The highest BCUT2D eigenvalue weighted by molar-refractivity contribution is 5.74. The van der Waals surface area contributed by atoms with Crippen LogP contribution in [0.3, 0.4) is 0 Å². The summed E-state index contributed by atoms with van der Waals surface area (Å²) >= 11 is 0. The first-order valence-electron chi connectivity index (χ1n) is 6.53. The van der Waals surface area contributed by atoms with Crippen molar-refractivity contribution in [2.45, 2.75) is 12.6 Å². The van der Waals surface area contributed by atoms with Crippen LogP contribution < -0.4 is 14.8 Å². The average Bonchev–Trinajstić information content (AvgIpc) is 2.47. The average molecular weight is 280 g/mol. The lowest BCUT2D eigenvalue weighted by molar-refractivity contribution is -0.144. The molecule has 1 aliphatic rings. The fraction of sp³-hybridized carbons (Fsp3) is 0.500. The molecule has 2 N–H and O–H groups in total. The lowest BCUT2D eigenvalue weighted by atomic mass is 10.1. The van der Waals surface area contributed by atoms with Crippen LogP contribution in [0, 0.1) is 0 Å². The van der Waals surface area contributed by atoms with E-state index in [1.54, 1.807) is 20.3 Å². The second kappa shape index (κ2) is 6.58. The number of rotatable bonds is 5. The van der Waals surface area contributed by atoms with Gasteiger partial charge < -0.3 is 19.9 Å². The third-order valence-electron chi connectivity index (χ3n) is 3.44. The van der Waals surface area contributed by atoms with Gasteiger partial charge in [0.15, 0.2) is 0 Å². The maximum Gasteiger partial charge on any atom is 0.322 e. The van der Waals surface area contributed by atoms with Crippen molar-refractivity contribution in [3.63, 3.8) is 0 Å². The van der Waals surface area contributed by atoms with Crippen molar-refractivity contribution in [2.75, 3.05) is 33.9 Å². The number of methoxy groups -OCH3 is 2. The molecule has 0 radical (unpaired) electrons. The number of carboxylic acids is 1. The zero-order chi connectivity index (χ0) is 14.5. The molecule has 0 saturated carbocycles. The molecule has 1 aromatic carbocycles. The molecule has 110 valence electrons. The Hall–Kier alpha value is -1.79. The van der Waals surface area contributed by atoms with Crippen LogP contribution in [0.5, 0.6) is 11.5 Å². The molecule has 6 heteroatoms. The number of hydrogen-bond donors (Lipinski definition) is 2. The summed E-state index contributed by atoms with van der Waals surface area (Å²) in [7, 11) is 3.20. The Kier molecular flexibility index (Phi) is 4.81. The SMILES string of the molecule is COc1cc(CN2CCNCC2C(=O)O)cc(OC)c1. The topological polar surface area (TPSA) is 71.0 Å². The standard InChI is InChI=1S/C14H20N2O4/c1-19-11-5-10(6-12(7-11)20-2)9-16-4-3-15-8-13(16)14(17)18/h5-7,13,15H,3-4,8-9H2,1-2H3,(H,17,18). The van der Waals surface area contributed by atoms with Gasteiger partial charge in [0.1, 0.15) is 17.5 Å². The molecule has 6 nitrogen and oxygen atoms in total. The highest BCUT2D eigenvalue weighted by Crippen LogP contribution is 2.24. The summed E-state index contributed by atoms with van der Waals surface area (Å²) in [5.41, 5.74) is 0.981. The van der Waals surface area contributed by atoms with Crippen molar-refractivity contribution in [3.8, 4) is 11.5 Å². The molecule has 0 aliphatic carbocycles. The van der Waals surface area contributed by atoms with E-state index in [-0.39, 0.29) is 0 Å². The summed E-state index contributed by atoms with van der Waals surface area (Å²) in [4.78, 5) is 13.2. The second-order valence-corrected chi connectivity index (χ2v) is 4.75. The highest BCUT2D eigenvalue weighted by atomic mass is 16.5. The largest absolute Gasteiger partial charge is 0.497 e. The molecule has 2 rings (SSSR count). The van der Waals surface area contributed by atoms with Crippen molar-refractivity contribution >= 4 is 5.97 Å². The Morgan fingerprint density at radius 1 is 1.35 bits per heavy atom. The van der Waals surface area contributed by atoms with Gasteiger partial charge in [-0.05, 0) is 17.7 Å². The minimum atomic E-state index is -0.799. The van der Waals surface area contributed by atoms with Gasteiger partial charge in [-0.2, -0.15) is 0 Å². The Labute approximate surface area is 118 Å². The molecule has 0 aromatic heterocycles. The molecule has 1 saturated heterocycles. The van der Waals surface area contributed by atoms with Gasteiger partial charge in [0.05, 0.1) is 14.2 Å². The number of piperazine rings is 1. The number of carbonyl (C=O) groups is 1. The van der Waals surface area contributed by atoms with Crippen LogP contribution in [0.4, 0.5) is 0 Å². The van der Waals surface area contributed by atoms with Gasteiger partial charge in [-0.25, -0.2) is 0 Å². The summed E-state index contributed by atoms with van der Waals surface area (Å²) < 4.78 is 10.5. The Bertz CT molecular complexity index is 456. The van der Waals surface area contributed by atoms with E-state index in [0.29, 0.717) is 31.1 Å². The maximum atomic E-state index is 11.3. The van der Waals surface area contributed by atoms with Crippen LogP contribution in [0.15, 0.2) is 18.2 Å². The molecule has 1 fully saturated rings. The monoisotopic (exact) mass is 280 g/mol. The second-order valence-electron chi connectivity index (χ2n) is 4.75. The first-order chi connectivity index (χ1) is 9.63. The van der Waals surface area contributed by atoms with Crippen LogP contribution in [0.25, 0.3) is 0 Å². The van der Waals surface area contributed by atoms with Crippen LogP contribution in [-0.2, 0) is 11.3 Å². The molecule has 20 heavy (non-hydrogen) atoms. The molecular weight excluding hydrogens is 260 g/mol. The zero-order valence-corrected chi connectivity index (χ0v) is 11.8. The van der Waals surface area contributed by atoms with Crippen molar-refractivity contribution in [1.82, 2.24) is 10.2 Å². The van der Waals surface area contributed by atoms with E-state index in [0.717, 1.165) is 12.1 Å². The summed E-state index contributed by atoms with van der Waals surface area (Å²) in [5, 5.41) is 12.4. The van der Waals surface area contributed by atoms with E-state index in [1.165, 1.54) is 0 Å². The van der Waals surface area contributed by atoms with E-state index < -0.39 is 12.0 Å². The number of hydrogen-bond acceptors (Lipinski definition) is 5. The van der Waals surface area contributed by atoms with Crippen LogP contribution in [0.1, 0.15) is 5.56 Å². The van der Waals surface area contributed by atoms with Crippen molar-refractivity contribution in [3.05, 3.63) is 23.8 Å². The molecule has 1 aromatic rings. The molecular formula is C14H20N2O4. The van der Waals surface area contributed by atoms with Crippen molar-refractivity contribution < 1.29 is 19.4 Å². The van der Waals surface area contributed by atoms with Crippen LogP contribution >= 0.6 is 0 Å². The molecule has 0 amide bonds. The Morgan fingerprint density at radius 3 is 2.55 bits per heavy atom. The lowest BCUT2D eigenvalue weighted by Crippen LogP contribution is -2.54. The number of aliphatic carboxylic acids is 1. The summed E-state index contributed by atoms with van der Waals surface area (Å²) in [6, 6.07) is 5.11. The number of benzene rings is 1. The summed E-state index contributed by atoms with van der Waals surface area (Å²) in [6.07, 6.45) is 0. The fourth-order valence-electron chi connectivity index (χ4n) is 2.37. The number of ether oxygens (including phenoxy) is 2. The van der Waals surface area contributed by atoms with Crippen LogP contribution in [-0.4, -0.2) is 55.9 Å². The van der Waals surface area contributed by atoms with Gasteiger partial charge in [0.2, 0.25) is 0 Å². The minimum Gasteiger partial charge on any atom is -0.497 e. The first-order valence-corrected chi connectivity index (χ1v) is 6.53. The van der Waals surface area contributed by atoms with Crippen molar-refractivity contribution in [1.29, 1.82) is 0 Å². The van der Waals surface area contributed by atoms with Gasteiger partial charge in [0.25, 0.3) is 0 Å². The Balaban J connectivity index is 2.17. The van der Waals surface area contributed by atoms with E-state index in [2.05, 4.69) is 5.32 Å². The molecule has 0 bridgehead atoms. The van der Waals surface area contributed by atoms with Gasteiger partial charge in [-0.3, -0.25) is 9.69 Å². The zero-order valence-electron chi connectivity index (χ0n) is 11.8. The van der Waals surface area contributed by atoms with Crippen LogP contribution in [0.2, 0.25) is 0 Å². The van der Waals surface area contributed by atoms with Gasteiger partial charge in [-0.15, -0.1) is 0 Å². The molecule has 1 atom stereocenters. The number of nitrogens with zero attached hydrogens (tertiary/aromatic N) is 1. The quantitative estimate of drug-likeness (QED) is 0.821.